The lowest BCUT2D eigenvalue weighted by Gasteiger charge is -2.02. The van der Waals surface area contributed by atoms with Crippen molar-refractivity contribution in [1.29, 1.82) is 0 Å². The van der Waals surface area contributed by atoms with Gasteiger partial charge < -0.3 is 9.67 Å². The molecule has 0 aliphatic carbocycles. The molecule has 0 amide bonds. The van der Waals surface area contributed by atoms with Crippen LogP contribution >= 0.6 is 11.6 Å². The predicted octanol–water partition coefficient (Wildman–Crippen LogP) is 2.94. The summed E-state index contributed by atoms with van der Waals surface area (Å²) in [6.07, 6.45) is 0. The van der Waals surface area contributed by atoms with Gasteiger partial charge in [-0.05, 0) is 37.1 Å². The minimum Gasteiger partial charge on any atom is -0.392 e. The number of hydrogen-bond donors (Lipinski definition) is 1. The van der Waals surface area contributed by atoms with Crippen LogP contribution < -0.4 is 0 Å². The Kier molecular flexibility index (Phi) is 2.49. The molecule has 1 N–H and O–H groups in total. The molecule has 0 aliphatic heterocycles. The number of nitrogens with zero attached hydrogens (tertiary/aromatic N) is 1. The van der Waals surface area contributed by atoms with Crippen molar-refractivity contribution in [3.63, 3.8) is 0 Å². The van der Waals surface area contributed by atoms with Crippen LogP contribution in [0.4, 0.5) is 0 Å². The van der Waals surface area contributed by atoms with Gasteiger partial charge in [-0.3, -0.25) is 0 Å². The van der Waals surface area contributed by atoms with E-state index in [1.165, 1.54) is 11.1 Å². The van der Waals surface area contributed by atoms with Crippen molar-refractivity contribution in [2.45, 2.75) is 20.5 Å². The maximum Gasteiger partial charge on any atom is 0.115 e. The second-order valence-corrected chi connectivity index (χ2v) is 4.30. The monoisotopic (exact) mass is 223 g/mol. The molecule has 15 heavy (non-hydrogen) atoms. The fourth-order valence-electron chi connectivity index (χ4n) is 1.89. The minimum absolute atomic E-state index is 0.0152. The molecule has 1 aromatic heterocycles. The Morgan fingerprint density at radius 3 is 2.47 bits per heavy atom. The zero-order valence-corrected chi connectivity index (χ0v) is 9.89. The Morgan fingerprint density at radius 1 is 1.27 bits per heavy atom. The van der Waals surface area contributed by atoms with Crippen LogP contribution in [-0.4, -0.2) is 9.67 Å². The lowest BCUT2D eigenvalue weighted by Crippen LogP contribution is -1.88. The minimum atomic E-state index is -0.0152. The highest BCUT2D eigenvalue weighted by Crippen LogP contribution is 2.30. The van der Waals surface area contributed by atoms with Gasteiger partial charge in [-0.1, -0.05) is 11.6 Å². The van der Waals surface area contributed by atoms with E-state index in [1.807, 2.05) is 11.6 Å². The first kappa shape index (κ1) is 10.5. The highest BCUT2D eigenvalue weighted by atomic mass is 35.5. The lowest BCUT2D eigenvalue weighted by molar-refractivity contribution is 0.283. The van der Waals surface area contributed by atoms with Gasteiger partial charge in [0.25, 0.3) is 0 Å². The number of aromatic nitrogens is 1. The van der Waals surface area contributed by atoms with Crippen molar-refractivity contribution in [2.75, 3.05) is 0 Å². The predicted molar refractivity (Wildman–Crippen MR) is 63.3 cm³/mol. The van der Waals surface area contributed by atoms with E-state index in [-0.39, 0.29) is 6.61 Å². The highest BCUT2D eigenvalue weighted by molar-refractivity contribution is 6.32. The molecule has 0 saturated carbocycles. The summed E-state index contributed by atoms with van der Waals surface area (Å²) < 4.78 is 1.91. The van der Waals surface area contributed by atoms with Crippen molar-refractivity contribution in [1.82, 2.24) is 4.57 Å². The Hall–Kier alpha value is -0.990. The van der Waals surface area contributed by atoms with Crippen molar-refractivity contribution >= 4 is 22.5 Å². The van der Waals surface area contributed by atoms with Crippen LogP contribution in [0.15, 0.2) is 12.1 Å². The summed E-state index contributed by atoms with van der Waals surface area (Å²) in [6, 6.07) is 4.19. The van der Waals surface area contributed by atoms with Gasteiger partial charge in [0.15, 0.2) is 0 Å². The SMILES string of the molecule is Cc1cc2c(CO)c(Cl)n(C)c2cc1C. The standard InChI is InChI=1S/C12H14ClNO/c1-7-4-9-10(6-15)12(13)14(3)11(9)5-8(7)2/h4-5,15H,6H2,1-3H3. The molecule has 0 aliphatic rings. The second-order valence-electron chi connectivity index (χ2n) is 3.94. The number of halogens is 1. The van der Waals surface area contributed by atoms with E-state index in [1.54, 1.807) is 0 Å². The third-order valence-corrected chi connectivity index (χ3v) is 3.48. The van der Waals surface area contributed by atoms with Gasteiger partial charge in [-0.2, -0.15) is 0 Å². The maximum absolute atomic E-state index is 9.29. The number of aliphatic hydroxyl groups is 1. The highest BCUT2D eigenvalue weighted by Gasteiger charge is 2.13. The van der Waals surface area contributed by atoms with E-state index >= 15 is 0 Å². The Labute approximate surface area is 94.1 Å². The molecule has 80 valence electrons. The summed E-state index contributed by atoms with van der Waals surface area (Å²) >= 11 is 6.14. The number of aliphatic hydroxyl groups excluding tert-OH is 1. The number of benzene rings is 1. The molecule has 0 bridgehead atoms. The molecule has 1 aromatic carbocycles. The Bertz CT molecular complexity index is 528. The van der Waals surface area contributed by atoms with Gasteiger partial charge in [0.05, 0.1) is 6.61 Å². The van der Waals surface area contributed by atoms with E-state index in [2.05, 4.69) is 26.0 Å². The summed E-state index contributed by atoms with van der Waals surface area (Å²) in [7, 11) is 1.92. The average molecular weight is 224 g/mol. The first-order chi connectivity index (χ1) is 7.06. The van der Waals surface area contributed by atoms with Crippen LogP contribution in [0, 0.1) is 13.8 Å². The van der Waals surface area contributed by atoms with E-state index in [0.29, 0.717) is 5.15 Å². The first-order valence-electron chi connectivity index (χ1n) is 4.91. The van der Waals surface area contributed by atoms with E-state index in [0.717, 1.165) is 16.5 Å². The van der Waals surface area contributed by atoms with E-state index in [4.69, 9.17) is 11.6 Å². The Morgan fingerprint density at radius 2 is 1.87 bits per heavy atom. The average Bonchev–Trinajstić information content (AvgIpc) is 2.42. The van der Waals surface area contributed by atoms with E-state index < -0.39 is 0 Å². The number of rotatable bonds is 1. The molecule has 0 radical (unpaired) electrons. The largest absolute Gasteiger partial charge is 0.392 e. The van der Waals surface area contributed by atoms with Gasteiger partial charge in [-0.15, -0.1) is 0 Å². The molecule has 0 saturated heterocycles. The molecular formula is C12H14ClNO. The molecule has 2 nitrogen and oxygen atoms in total. The molecule has 0 atom stereocenters. The van der Waals surface area contributed by atoms with Crippen LogP contribution in [0.5, 0.6) is 0 Å². The number of fused-ring (bicyclic) bond motifs is 1. The van der Waals surface area contributed by atoms with Crippen molar-refractivity contribution in [2.24, 2.45) is 7.05 Å². The van der Waals surface area contributed by atoms with Crippen LogP contribution in [-0.2, 0) is 13.7 Å². The normalized spacial score (nSPS) is 11.3. The summed E-state index contributed by atoms with van der Waals surface area (Å²) in [5.41, 5.74) is 4.35. The molecular weight excluding hydrogens is 210 g/mol. The van der Waals surface area contributed by atoms with Gasteiger partial charge in [0, 0.05) is 23.5 Å². The second kappa shape index (κ2) is 3.54. The number of hydrogen-bond acceptors (Lipinski definition) is 1. The zero-order valence-electron chi connectivity index (χ0n) is 9.13. The summed E-state index contributed by atoms with van der Waals surface area (Å²) in [6.45, 7) is 4.13. The summed E-state index contributed by atoms with van der Waals surface area (Å²) in [4.78, 5) is 0. The fraction of sp³-hybridized carbons (Fsp3) is 0.333. The molecule has 3 heteroatoms. The third kappa shape index (κ3) is 1.45. The number of aryl methyl sites for hydroxylation is 3. The third-order valence-electron chi connectivity index (χ3n) is 3.00. The van der Waals surface area contributed by atoms with Crippen LogP contribution in [0.1, 0.15) is 16.7 Å². The van der Waals surface area contributed by atoms with Crippen molar-refractivity contribution < 1.29 is 5.11 Å². The topological polar surface area (TPSA) is 25.2 Å². The first-order valence-corrected chi connectivity index (χ1v) is 5.29. The smallest absolute Gasteiger partial charge is 0.115 e. The molecule has 0 unspecified atom stereocenters. The summed E-state index contributed by atoms with van der Waals surface area (Å²) in [5, 5.41) is 11.0. The van der Waals surface area contributed by atoms with Crippen molar-refractivity contribution in [3.05, 3.63) is 34.0 Å². The molecule has 2 aromatic rings. The molecule has 2 rings (SSSR count). The molecule has 1 heterocycles. The van der Waals surface area contributed by atoms with E-state index in [9.17, 15) is 5.11 Å². The van der Waals surface area contributed by atoms with Crippen LogP contribution in [0.25, 0.3) is 10.9 Å². The van der Waals surface area contributed by atoms with Gasteiger partial charge in [0.2, 0.25) is 0 Å². The zero-order chi connectivity index (χ0) is 11.2. The fourth-order valence-corrected chi connectivity index (χ4v) is 2.14. The van der Waals surface area contributed by atoms with Crippen LogP contribution in [0.2, 0.25) is 5.15 Å². The quantitative estimate of drug-likeness (QED) is 0.790. The lowest BCUT2D eigenvalue weighted by atomic mass is 10.1. The van der Waals surface area contributed by atoms with Crippen molar-refractivity contribution in [3.8, 4) is 0 Å². The molecule has 0 fully saturated rings. The van der Waals surface area contributed by atoms with Gasteiger partial charge >= 0.3 is 0 Å². The van der Waals surface area contributed by atoms with Gasteiger partial charge in [-0.25, -0.2) is 0 Å². The van der Waals surface area contributed by atoms with Crippen LogP contribution in [0.3, 0.4) is 0 Å². The molecule has 0 spiro atoms. The Balaban J connectivity index is 2.91. The maximum atomic E-state index is 9.29. The summed E-state index contributed by atoms with van der Waals surface area (Å²) in [5.74, 6) is 0. The van der Waals surface area contributed by atoms with Gasteiger partial charge in [0.1, 0.15) is 5.15 Å².